The maximum atomic E-state index is 12.0. The van der Waals surface area contributed by atoms with Gasteiger partial charge in [0.05, 0.1) is 17.1 Å². The van der Waals surface area contributed by atoms with Crippen LogP contribution in [0.25, 0.3) is 11.4 Å². The first-order chi connectivity index (χ1) is 13.3. The van der Waals surface area contributed by atoms with Crippen LogP contribution in [0.2, 0.25) is 5.02 Å². The SMILES string of the molecule is CS(=O)(=O)c1ccc(C(=O)O)c(Cl)c1OCCn1nnc(-c2ccccc2)n1. The Morgan fingerprint density at radius 2 is 1.93 bits per heavy atom. The van der Waals surface area contributed by atoms with Crippen molar-refractivity contribution >= 4 is 27.4 Å². The summed E-state index contributed by atoms with van der Waals surface area (Å²) in [6.45, 7) is 0.104. The number of halogens is 1. The number of nitrogens with zero attached hydrogens (tertiary/aromatic N) is 4. The van der Waals surface area contributed by atoms with Crippen LogP contribution < -0.4 is 4.74 Å². The molecule has 0 atom stereocenters. The summed E-state index contributed by atoms with van der Waals surface area (Å²) in [6, 6.07) is 11.5. The maximum Gasteiger partial charge on any atom is 0.337 e. The third-order valence-corrected chi connectivity index (χ3v) is 5.21. The van der Waals surface area contributed by atoms with Crippen LogP contribution in [-0.4, -0.2) is 52.6 Å². The molecule has 1 N–H and O–H groups in total. The van der Waals surface area contributed by atoms with E-state index in [1.54, 1.807) is 0 Å². The highest BCUT2D eigenvalue weighted by atomic mass is 35.5. The Bertz CT molecular complexity index is 1120. The van der Waals surface area contributed by atoms with E-state index >= 15 is 0 Å². The number of aromatic nitrogens is 4. The Kier molecular flexibility index (Phi) is 5.61. The van der Waals surface area contributed by atoms with E-state index in [9.17, 15) is 18.3 Å². The number of rotatable bonds is 7. The number of tetrazole rings is 1. The molecule has 2 aromatic carbocycles. The predicted molar refractivity (Wildman–Crippen MR) is 100 cm³/mol. The zero-order valence-corrected chi connectivity index (χ0v) is 16.2. The molecule has 0 aliphatic heterocycles. The van der Waals surface area contributed by atoms with Crippen molar-refractivity contribution in [3.8, 4) is 17.1 Å². The summed E-state index contributed by atoms with van der Waals surface area (Å²) in [5.74, 6) is -1.07. The van der Waals surface area contributed by atoms with Crippen LogP contribution in [0.1, 0.15) is 10.4 Å². The second-order valence-corrected chi connectivity index (χ2v) is 8.12. The van der Waals surface area contributed by atoms with Gasteiger partial charge in [0.2, 0.25) is 5.82 Å². The van der Waals surface area contributed by atoms with Crippen LogP contribution in [0.3, 0.4) is 0 Å². The third-order valence-electron chi connectivity index (χ3n) is 3.71. The molecule has 0 amide bonds. The Balaban J connectivity index is 1.78. The van der Waals surface area contributed by atoms with Crippen LogP contribution in [-0.2, 0) is 16.4 Å². The van der Waals surface area contributed by atoms with Crippen LogP contribution in [0.5, 0.6) is 5.75 Å². The van der Waals surface area contributed by atoms with Crippen molar-refractivity contribution in [3.63, 3.8) is 0 Å². The molecule has 0 saturated heterocycles. The molecule has 11 heteroatoms. The highest BCUT2D eigenvalue weighted by molar-refractivity contribution is 7.90. The summed E-state index contributed by atoms with van der Waals surface area (Å²) < 4.78 is 29.4. The number of aromatic carboxylic acids is 1. The van der Waals surface area contributed by atoms with Crippen molar-refractivity contribution in [2.24, 2.45) is 0 Å². The van der Waals surface area contributed by atoms with E-state index in [4.69, 9.17) is 16.3 Å². The highest BCUT2D eigenvalue weighted by Gasteiger charge is 2.23. The van der Waals surface area contributed by atoms with E-state index in [1.807, 2.05) is 30.3 Å². The van der Waals surface area contributed by atoms with Gasteiger partial charge in [-0.15, -0.1) is 10.2 Å². The largest absolute Gasteiger partial charge is 0.489 e. The molecular weight excluding hydrogens is 408 g/mol. The van der Waals surface area contributed by atoms with Crippen molar-refractivity contribution in [2.45, 2.75) is 11.4 Å². The minimum absolute atomic E-state index is 0.0457. The number of hydrogen-bond donors (Lipinski definition) is 1. The second-order valence-electron chi connectivity index (χ2n) is 5.76. The Labute approximate surface area is 165 Å². The van der Waals surface area contributed by atoms with E-state index in [-0.39, 0.29) is 34.4 Å². The van der Waals surface area contributed by atoms with Gasteiger partial charge in [-0.2, -0.15) is 4.80 Å². The van der Waals surface area contributed by atoms with Crippen molar-refractivity contribution in [2.75, 3.05) is 12.9 Å². The molecule has 0 bridgehead atoms. The molecular formula is C17H15ClN4O5S. The van der Waals surface area contributed by atoms with Crippen LogP contribution >= 0.6 is 11.6 Å². The molecule has 1 heterocycles. The van der Waals surface area contributed by atoms with Gasteiger partial charge in [0.1, 0.15) is 11.5 Å². The van der Waals surface area contributed by atoms with Gasteiger partial charge >= 0.3 is 5.97 Å². The van der Waals surface area contributed by atoms with Gasteiger partial charge in [-0.1, -0.05) is 41.9 Å². The normalized spacial score (nSPS) is 11.4. The van der Waals surface area contributed by atoms with Gasteiger partial charge in [0.15, 0.2) is 15.6 Å². The molecule has 0 radical (unpaired) electrons. The summed E-state index contributed by atoms with van der Waals surface area (Å²) in [4.78, 5) is 12.3. The number of benzene rings is 2. The third kappa shape index (κ3) is 4.29. The minimum atomic E-state index is -3.68. The Hall–Kier alpha value is -2.98. The molecule has 28 heavy (non-hydrogen) atoms. The predicted octanol–water partition coefficient (Wildman–Crippen LogP) is 2.17. The summed E-state index contributed by atoms with van der Waals surface area (Å²) in [5, 5.41) is 21.0. The lowest BCUT2D eigenvalue weighted by Crippen LogP contribution is -2.13. The molecule has 0 spiro atoms. The maximum absolute atomic E-state index is 12.0. The Morgan fingerprint density at radius 3 is 2.57 bits per heavy atom. The number of hydrogen-bond acceptors (Lipinski definition) is 7. The number of carboxylic acids is 1. The topological polar surface area (TPSA) is 124 Å². The molecule has 3 aromatic rings. The standard InChI is InChI=1S/C17H15ClN4O5S/c1-28(25,26)13-8-7-12(17(23)24)14(18)15(13)27-10-9-22-20-16(19-21-22)11-5-3-2-4-6-11/h2-8H,9-10H2,1H3,(H,23,24). The number of sulfone groups is 1. The fourth-order valence-corrected chi connectivity index (χ4v) is 3.57. The minimum Gasteiger partial charge on any atom is -0.489 e. The van der Waals surface area contributed by atoms with Gasteiger partial charge < -0.3 is 9.84 Å². The first-order valence-electron chi connectivity index (χ1n) is 7.99. The molecule has 0 aliphatic carbocycles. The molecule has 9 nitrogen and oxygen atoms in total. The molecule has 3 rings (SSSR count). The van der Waals surface area contributed by atoms with Gasteiger partial charge in [0.25, 0.3) is 0 Å². The van der Waals surface area contributed by atoms with Gasteiger partial charge in [-0.3, -0.25) is 0 Å². The number of carbonyl (C=O) groups is 1. The zero-order chi connectivity index (χ0) is 20.3. The molecule has 146 valence electrons. The van der Waals surface area contributed by atoms with E-state index in [0.717, 1.165) is 24.0 Å². The van der Waals surface area contributed by atoms with Gasteiger partial charge in [-0.25, -0.2) is 13.2 Å². The smallest absolute Gasteiger partial charge is 0.337 e. The summed E-state index contributed by atoms with van der Waals surface area (Å²) in [6.07, 6.45) is 0.983. The van der Waals surface area contributed by atoms with E-state index in [1.165, 1.54) is 4.80 Å². The van der Waals surface area contributed by atoms with Crippen molar-refractivity contribution < 1.29 is 23.1 Å². The summed E-state index contributed by atoms with van der Waals surface area (Å²) >= 11 is 6.06. The lowest BCUT2D eigenvalue weighted by Gasteiger charge is -2.13. The Morgan fingerprint density at radius 1 is 1.21 bits per heavy atom. The lowest BCUT2D eigenvalue weighted by molar-refractivity contribution is 0.0696. The molecule has 0 unspecified atom stereocenters. The van der Waals surface area contributed by atoms with Crippen molar-refractivity contribution in [3.05, 3.63) is 53.1 Å². The van der Waals surface area contributed by atoms with Crippen LogP contribution in [0.4, 0.5) is 0 Å². The van der Waals surface area contributed by atoms with E-state index in [2.05, 4.69) is 15.4 Å². The highest BCUT2D eigenvalue weighted by Crippen LogP contribution is 2.35. The van der Waals surface area contributed by atoms with Crippen LogP contribution in [0, 0.1) is 0 Å². The fourth-order valence-electron chi connectivity index (χ4n) is 2.40. The van der Waals surface area contributed by atoms with E-state index < -0.39 is 15.8 Å². The van der Waals surface area contributed by atoms with E-state index in [0.29, 0.717) is 5.82 Å². The fraction of sp³-hybridized carbons (Fsp3) is 0.176. The van der Waals surface area contributed by atoms with Crippen molar-refractivity contribution in [1.29, 1.82) is 0 Å². The summed E-state index contributed by atoms with van der Waals surface area (Å²) in [5.41, 5.74) is 0.542. The van der Waals surface area contributed by atoms with Gasteiger partial charge in [0, 0.05) is 11.8 Å². The quantitative estimate of drug-likeness (QED) is 0.614. The average Bonchev–Trinajstić information content (AvgIpc) is 3.11. The van der Waals surface area contributed by atoms with Crippen LogP contribution in [0.15, 0.2) is 47.4 Å². The summed E-state index contributed by atoms with van der Waals surface area (Å²) in [7, 11) is -3.68. The number of ether oxygens (including phenoxy) is 1. The lowest BCUT2D eigenvalue weighted by atomic mass is 10.2. The van der Waals surface area contributed by atoms with Crippen molar-refractivity contribution in [1.82, 2.24) is 20.2 Å². The molecule has 0 fully saturated rings. The zero-order valence-electron chi connectivity index (χ0n) is 14.6. The molecule has 0 saturated carbocycles. The number of carboxylic acid groups (broad SMARTS) is 1. The average molecular weight is 423 g/mol. The molecule has 1 aromatic heterocycles. The second kappa shape index (κ2) is 7.95. The first-order valence-corrected chi connectivity index (χ1v) is 10.3. The monoisotopic (exact) mass is 422 g/mol. The molecule has 0 aliphatic rings. The van der Waals surface area contributed by atoms with Gasteiger partial charge in [-0.05, 0) is 17.3 Å². The first kappa shape index (κ1) is 19.8.